The van der Waals surface area contributed by atoms with Gasteiger partial charge in [-0.15, -0.1) is 0 Å². The van der Waals surface area contributed by atoms with Gasteiger partial charge in [-0.25, -0.2) is 0 Å². The number of nitrogens with one attached hydrogen (secondary N) is 2. The first kappa shape index (κ1) is 14.5. The Bertz CT molecular complexity index is 554. The lowest BCUT2D eigenvalue weighted by atomic mass is 10.3. The average molecular weight is 338 g/mol. The minimum atomic E-state index is 0.302. The van der Waals surface area contributed by atoms with Crippen LogP contribution in [0.1, 0.15) is 13.8 Å². The van der Waals surface area contributed by atoms with Crippen LogP contribution in [-0.4, -0.2) is 28.1 Å². The zero-order chi connectivity index (χ0) is 14.4. The summed E-state index contributed by atoms with van der Waals surface area (Å²) in [7, 11) is 0. The minimum absolute atomic E-state index is 0.302. The van der Waals surface area contributed by atoms with Crippen LogP contribution in [-0.2, 0) is 0 Å². The number of hydrogen-bond acceptors (Lipinski definition) is 6. The van der Waals surface area contributed by atoms with Gasteiger partial charge in [-0.05, 0) is 32.0 Å². The van der Waals surface area contributed by atoms with Gasteiger partial charge >= 0.3 is 6.01 Å². The highest BCUT2D eigenvalue weighted by molar-refractivity contribution is 9.10. The van der Waals surface area contributed by atoms with Crippen LogP contribution in [0.25, 0.3) is 0 Å². The standard InChI is InChI=1S/C13H16BrN5O/c1-3-15-11-17-12(19-13(18-11)20-4-2)16-10-7-5-6-9(14)8-10/h5-8H,3-4H2,1-2H3,(H2,15,16,17,18,19). The van der Waals surface area contributed by atoms with Crippen LogP contribution < -0.4 is 15.4 Å². The molecule has 20 heavy (non-hydrogen) atoms. The first-order valence-electron chi connectivity index (χ1n) is 6.36. The molecule has 1 heterocycles. The van der Waals surface area contributed by atoms with Crippen molar-refractivity contribution in [2.75, 3.05) is 23.8 Å². The fourth-order valence-electron chi connectivity index (χ4n) is 1.54. The third-order valence-corrected chi connectivity index (χ3v) is 2.80. The monoisotopic (exact) mass is 337 g/mol. The molecule has 0 bridgehead atoms. The predicted octanol–water partition coefficient (Wildman–Crippen LogP) is 3.21. The molecule has 1 aromatic carbocycles. The molecular weight excluding hydrogens is 322 g/mol. The molecule has 0 radical (unpaired) electrons. The highest BCUT2D eigenvalue weighted by Gasteiger charge is 2.07. The summed E-state index contributed by atoms with van der Waals surface area (Å²) in [5.41, 5.74) is 0.885. The zero-order valence-electron chi connectivity index (χ0n) is 11.4. The third kappa shape index (κ3) is 4.06. The molecule has 0 aliphatic heterocycles. The van der Waals surface area contributed by atoms with E-state index in [2.05, 4.69) is 41.5 Å². The Balaban J connectivity index is 2.25. The summed E-state index contributed by atoms with van der Waals surface area (Å²) in [5, 5.41) is 6.18. The van der Waals surface area contributed by atoms with Crippen LogP contribution in [0.15, 0.2) is 28.7 Å². The number of benzene rings is 1. The van der Waals surface area contributed by atoms with Gasteiger partial charge in [0.05, 0.1) is 6.61 Å². The first-order valence-corrected chi connectivity index (χ1v) is 7.16. The van der Waals surface area contributed by atoms with E-state index in [1.54, 1.807) is 0 Å². The second-order valence-electron chi connectivity index (χ2n) is 3.86. The molecule has 2 N–H and O–H groups in total. The molecule has 2 aromatic rings. The van der Waals surface area contributed by atoms with Crippen molar-refractivity contribution < 1.29 is 4.74 Å². The average Bonchev–Trinajstić information content (AvgIpc) is 2.39. The van der Waals surface area contributed by atoms with Crippen molar-refractivity contribution in [2.24, 2.45) is 0 Å². The molecule has 0 aliphatic rings. The van der Waals surface area contributed by atoms with Crippen molar-refractivity contribution in [1.29, 1.82) is 0 Å². The summed E-state index contributed by atoms with van der Waals surface area (Å²) in [6.45, 7) is 5.10. The van der Waals surface area contributed by atoms with Crippen LogP contribution in [0, 0.1) is 0 Å². The van der Waals surface area contributed by atoms with Gasteiger partial charge in [0.1, 0.15) is 0 Å². The van der Waals surface area contributed by atoms with E-state index in [0.29, 0.717) is 24.5 Å². The number of ether oxygens (including phenoxy) is 1. The van der Waals surface area contributed by atoms with Gasteiger partial charge in [-0.3, -0.25) is 0 Å². The van der Waals surface area contributed by atoms with Crippen molar-refractivity contribution >= 4 is 33.5 Å². The molecule has 0 saturated carbocycles. The van der Waals surface area contributed by atoms with Gasteiger partial charge in [0.15, 0.2) is 0 Å². The molecule has 0 amide bonds. The molecule has 0 fully saturated rings. The van der Waals surface area contributed by atoms with Gasteiger partial charge in [-0.1, -0.05) is 22.0 Å². The molecule has 0 aliphatic carbocycles. The Labute approximate surface area is 126 Å². The minimum Gasteiger partial charge on any atom is -0.464 e. The second kappa shape index (κ2) is 7.04. The molecule has 0 saturated heterocycles. The normalized spacial score (nSPS) is 10.2. The number of anilines is 3. The highest BCUT2D eigenvalue weighted by Crippen LogP contribution is 2.20. The van der Waals surface area contributed by atoms with E-state index in [1.807, 2.05) is 38.1 Å². The fraction of sp³-hybridized carbons (Fsp3) is 0.308. The molecule has 6 nitrogen and oxygen atoms in total. The van der Waals surface area contributed by atoms with Gasteiger partial charge in [0.25, 0.3) is 0 Å². The summed E-state index contributed by atoms with van der Waals surface area (Å²) >= 11 is 3.42. The van der Waals surface area contributed by atoms with Crippen molar-refractivity contribution in [3.63, 3.8) is 0 Å². The third-order valence-electron chi connectivity index (χ3n) is 2.30. The van der Waals surface area contributed by atoms with Gasteiger partial charge in [0, 0.05) is 16.7 Å². The largest absolute Gasteiger partial charge is 0.464 e. The maximum Gasteiger partial charge on any atom is 0.323 e. The lowest BCUT2D eigenvalue weighted by molar-refractivity contribution is 0.312. The van der Waals surface area contributed by atoms with E-state index in [-0.39, 0.29) is 0 Å². The maximum atomic E-state index is 5.34. The van der Waals surface area contributed by atoms with Gasteiger partial charge < -0.3 is 15.4 Å². The molecule has 0 atom stereocenters. The number of aromatic nitrogens is 3. The molecular formula is C13H16BrN5O. The van der Waals surface area contributed by atoms with Crippen molar-refractivity contribution in [1.82, 2.24) is 15.0 Å². The van der Waals surface area contributed by atoms with Crippen molar-refractivity contribution in [2.45, 2.75) is 13.8 Å². The zero-order valence-corrected chi connectivity index (χ0v) is 12.9. The summed E-state index contributed by atoms with van der Waals surface area (Å²) in [6.07, 6.45) is 0. The number of halogens is 1. The smallest absolute Gasteiger partial charge is 0.323 e. The maximum absolute atomic E-state index is 5.34. The molecule has 1 aromatic heterocycles. The predicted molar refractivity (Wildman–Crippen MR) is 82.6 cm³/mol. The Morgan fingerprint density at radius 3 is 2.65 bits per heavy atom. The lowest BCUT2D eigenvalue weighted by Crippen LogP contribution is -2.08. The van der Waals surface area contributed by atoms with Crippen LogP contribution >= 0.6 is 15.9 Å². The second-order valence-corrected chi connectivity index (χ2v) is 4.78. The lowest BCUT2D eigenvalue weighted by Gasteiger charge is -2.09. The number of rotatable bonds is 6. The van der Waals surface area contributed by atoms with Crippen LogP contribution in [0.5, 0.6) is 6.01 Å². The Morgan fingerprint density at radius 2 is 1.95 bits per heavy atom. The number of nitrogens with zero attached hydrogens (tertiary/aromatic N) is 3. The number of hydrogen-bond donors (Lipinski definition) is 2. The summed E-state index contributed by atoms with van der Waals surface area (Å²) in [5.74, 6) is 0.931. The van der Waals surface area contributed by atoms with Gasteiger partial charge in [-0.2, -0.15) is 15.0 Å². The molecule has 0 unspecified atom stereocenters. The first-order chi connectivity index (χ1) is 9.71. The van der Waals surface area contributed by atoms with E-state index in [0.717, 1.165) is 16.7 Å². The summed E-state index contributed by atoms with van der Waals surface area (Å²) in [4.78, 5) is 12.7. The summed E-state index contributed by atoms with van der Waals surface area (Å²) < 4.78 is 6.32. The Hall–Kier alpha value is -1.89. The van der Waals surface area contributed by atoms with E-state index in [9.17, 15) is 0 Å². The molecule has 106 valence electrons. The van der Waals surface area contributed by atoms with Gasteiger partial charge in [0.2, 0.25) is 11.9 Å². The Kier molecular flexibility index (Phi) is 5.11. The van der Waals surface area contributed by atoms with E-state index >= 15 is 0 Å². The SMILES string of the molecule is CCNc1nc(Nc2cccc(Br)c2)nc(OCC)n1. The fourth-order valence-corrected chi connectivity index (χ4v) is 1.94. The highest BCUT2D eigenvalue weighted by atomic mass is 79.9. The Morgan fingerprint density at radius 1 is 1.15 bits per heavy atom. The molecule has 2 rings (SSSR count). The topological polar surface area (TPSA) is 72.0 Å². The van der Waals surface area contributed by atoms with E-state index in [1.165, 1.54) is 0 Å². The molecule has 7 heteroatoms. The van der Waals surface area contributed by atoms with Crippen LogP contribution in [0.4, 0.5) is 17.6 Å². The summed E-state index contributed by atoms with van der Waals surface area (Å²) in [6, 6.07) is 8.06. The quantitative estimate of drug-likeness (QED) is 0.843. The van der Waals surface area contributed by atoms with Crippen molar-refractivity contribution in [3.8, 4) is 6.01 Å². The van der Waals surface area contributed by atoms with Crippen LogP contribution in [0.3, 0.4) is 0 Å². The van der Waals surface area contributed by atoms with Crippen LogP contribution in [0.2, 0.25) is 0 Å². The molecule has 0 spiro atoms. The van der Waals surface area contributed by atoms with Crippen molar-refractivity contribution in [3.05, 3.63) is 28.7 Å². The van der Waals surface area contributed by atoms with E-state index in [4.69, 9.17) is 4.74 Å². The van der Waals surface area contributed by atoms with E-state index < -0.39 is 0 Å².